The van der Waals surface area contributed by atoms with Gasteiger partial charge < -0.3 is 5.32 Å². The topological polar surface area (TPSA) is 48.7 Å². The van der Waals surface area contributed by atoms with Crippen LogP contribution in [-0.2, 0) is 0 Å². The van der Waals surface area contributed by atoms with Crippen molar-refractivity contribution >= 4 is 11.3 Å². The molecule has 2 rings (SSSR count). The maximum Gasteiger partial charge on any atom is 0.110 e. The van der Waals surface area contributed by atoms with Crippen molar-refractivity contribution in [1.29, 1.82) is 5.26 Å². The molecule has 0 spiro atoms. The highest BCUT2D eigenvalue weighted by molar-refractivity contribution is 7.09. The van der Waals surface area contributed by atoms with Crippen molar-refractivity contribution in [1.82, 2.24) is 10.3 Å². The molecule has 3 nitrogen and oxygen atoms in total. The Morgan fingerprint density at radius 2 is 2.29 bits per heavy atom. The van der Waals surface area contributed by atoms with Gasteiger partial charge in [-0.1, -0.05) is 12.8 Å². The van der Waals surface area contributed by atoms with Crippen LogP contribution in [0.5, 0.6) is 0 Å². The molecule has 1 saturated carbocycles. The Morgan fingerprint density at radius 1 is 1.53 bits per heavy atom. The van der Waals surface area contributed by atoms with Crippen molar-refractivity contribution in [3.8, 4) is 6.07 Å². The summed E-state index contributed by atoms with van der Waals surface area (Å²) in [6.07, 6.45) is 4.59. The number of nitrogens with zero attached hydrogens (tertiary/aromatic N) is 2. The minimum Gasteiger partial charge on any atom is -0.304 e. The van der Waals surface area contributed by atoms with Gasteiger partial charge >= 0.3 is 0 Å². The second-order valence-corrected chi connectivity index (χ2v) is 5.73. The normalized spacial score (nSPS) is 26.4. The van der Waals surface area contributed by atoms with Crippen molar-refractivity contribution in [3.05, 3.63) is 16.1 Å². The predicted octanol–water partition coefficient (Wildman–Crippen LogP) is 3.18. The van der Waals surface area contributed by atoms with E-state index >= 15 is 0 Å². The Bertz CT molecular complexity index is 407. The number of rotatable bonds is 3. The Balaban J connectivity index is 1.97. The molecule has 92 valence electrons. The molecule has 17 heavy (non-hydrogen) atoms. The molecule has 1 fully saturated rings. The van der Waals surface area contributed by atoms with Gasteiger partial charge in [-0.15, -0.1) is 11.3 Å². The number of nitrogens with one attached hydrogen (secondary N) is 1. The maximum atomic E-state index is 9.15. The van der Waals surface area contributed by atoms with Gasteiger partial charge in [-0.25, -0.2) is 4.98 Å². The summed E-state index contributed by atoms with van der Waals surface area (Å²) in [6.45, 7) is 4.16. The van der Waals surface area contributed by atoms with Gasteiger partial charge in [-0.3, -0.25) is 0 Å². The maximum absolute atomic E-state index is 9.15. The van der Waals surface area contributed by atoms with Crippen LogP contribution in [0.4, 0.5) is 0 Å². The Morgan fingerprint density at radius 3 is 2.94 bits per heavy atom. The number of thiazole rings is 1. The summed E-state index contributed by atoms with van der Waals surface area (Å²) in [6, 6.07) is 3.03. The summed E-state index contributed by atoms with van der Waals surface area (Å²) in [7, 11) is 0. The van der Waals surface area contributed by atoms with Crippen LogP contribution in [0.2, 0.25) is 0 Å². The highest BCUT2D eigenvalue weighted by Crippen LogP contribution is 2.27. The highest BCUT2D eigenvalue weighted by Gasteiger charge is 2.26. The molecule has 1 aromatic heterocycles. The first-order chi connectivity index (χ1) is 8.20. The van der Waals surface area contributed by atoms with E-state index in [2.05, 4.69) is 28.7 Å². The van der Waals surface area contributed by atoms with E-state index in [-0.39, 0.29) is 12.0 Å². The summed E-state index contributed by atoms with van der Waals surface area (Å²) >= 11 is 1.70. The van der Waals surface area contributed by atoms with Gasteiger partial charge in [0.2, 0.25) is 0 Å². The van der Waals surface area contributed by atoms with E-state index in [9.17, 15) is 0 Å². The third kappa shape index (κ3) is 3.05. The van der Waals surface area contributed by atoms with Crippen LogP contribution in [0.25, 0.3) is 0 Å². The molecule has 1 N–H and O–H groups in total. The lowest BCUT2D eigenvalue weighted by atomic mass is 9.85. The zero-order valence-corrected chi connectivity index (χ0v) is 11.3. The Hall–Kier alpha value is -0.920. The zero-order valence-electron chi connectivity index (χ0n) is 10.4. The van der Waals surface area contributed by atoms with E-state index in [0.29, 0.717) is 6.04 Å². The summed E-state index contributed by atoms with van der Waals surface area (Å²) in [5.74, 6) is 0.173. The second kappa shape index (κ2) is 5.61. The van der Waals surface area contributed by atoms with Crippen molar-refractivity contribution in [2.45, 2.75) is 51.6 Å². The lowest BCUT2D eigenvalue weighted by Gasteiger charge is -2.29. The van der Waals surface area contributed by atoms with Crippen LogP contribution in [0, 0.1) is 24.2 Å². The van der Waals surface area contributed by atoms with Crippen molar-refractivity contribution in [2.24, 2.45) is 5.92 Å². The second-order valence-electron chi connectivity index (χ2n) is 4.84. The molecule has 3 atom stereocenters. The van der Waals surface area contributed by atoms with Crippen LogP contribution >= 0.6 is 11.3 Å². The molecule has 0 bridgehead atoms. The van der Waals surface area contributed by atoms with Crippen LogP contribution in [0.1, 0.15) is 49.4 Å². The van der Waals surface area contributed by atoms with E-state index < -0.39 is 0 Å². The summed E-state index contributed by atoms with van der Waals surface area (Å²) < 4.78 is 0. The third-order valence-corrected chi connectivity index (χ3v) is 4.55. The Kier molecular flexibility index (Phi) is 4.14. The molecule has 0 aliphatic heterocycles. The number of aromatic nitrogens is 1. The highest BCUT2D eigenvalue weighted by atomic mass is 32.1. The van der Waals surface area contributed by atoms with E-state index in [1.165, 1.54) is 12.8 Å². The van der Waals surface area contributed by atoms with Gasteiger partial charge in [0.25, 0.3) is 0 Å². The van der Waals surface area contributed by atoms with Crippen molar-refractivity contribution < 1.29 is 0 Å². The first kappa shape index (κ1) is 12.5. The molecule has 1 aliphatic carbocycles. The van der Waals surface area contributed by atoms with Crippen LogP contribution in [0.3, 0.4) is 0 Å². The standard InChI is InChI=1S/C13H19N3S/c1-9-8-17-13(15-9)10(2)16-12-6-4-3-5-11(12)7-14/h8,10-12,16H,3-6H2,1-2H3. The van der Waals surface area contributed by atoms with Crippen LogP contribution < -0.4 is 5.32 Å². The first-order valence-electron chi connectivity index (χ1n) is 6.28. The van der Waals surface area contributed by atoms with E-state index in [0.717, 1.165) is 23.5 Å². The first-order valence-corrected chi connectivity index (χ1v) is 7.16. The predicted molar refractivity (Wildman–Crippen MR) is 69.8 cm³/mol. The molecule has 1 aliphatic rings. The molecule has 0 saturated heterocycles. The van der Waals surface area contributed by atoms with Gasteiger partial charge in [0.1, 0.15) is 5.01 Å². The van der Waals surface area contributed by atoms with Gasteiger partial charge in [0.15, 0.2) is 0 Å². The molecule has 0 amide bonds. The molecule has 4 heteroatoms. The fourth-order valence-corrected chi connectivity index (χ4v) is 3.26. The molecule has 0 aromatic carbocycles. The summed E-state index contributed by atoms with van der Waals surface area (Å²) in [5, 5.41) is 15.9. The molecule has 3 unspecified atom stereocenters. The fourth-order valence-electron chi connectivity index (χ4n) is 2.45. The fraction of sp³-hybridized carbons (Fsp3) is 0.692. The molecule has 0 radical (unpaired) electrons. The monoisotopic (exact) mass is 249 g/mol. The Labute approximate surface area is 107 Å². The van der Waals surface area contributed by atoms with E-state index in [4.69, 9.17) is 5.26 Å². The average Bonchev–Trinajstić information content (AvgIpc) is 2.77. The number of nitriles is 1. The minimum absolute atomic E-state index is 0.173. The molecular formula is C13H19N3S. The largest absolute Gasteiger partial charge is 0.304 e. The van der Waals surface area contributed by atoms with Gasteiger partial charge in [0, 0.05) is 17.1 Å². The lowest BCUT2D eigenvalue weighted by molar-refractivity contribution is 0.292. The third-order valence-electron chi connectivity index (χ3n) is 3.40. The van der Waals surface area contributed by atoms with Crippen LogP contribution in [0.15, 0.2) is 5.38 Å². The smallest absolute Gasteiger partial charge is 0.110 e. The van der Waals surface area contributed by atoms with Crippen molar-refractivity contribution in [2.75, 3.05) is 0 Å². The van der Waals surface area contributed by atoms with Crippen LogP contribution in [-0.4, -0.2) is 11.0 Å². The molecular weight excluding hydrogens is 230 g/mol. The van der Waals surface area contributed by atoms with Gasteiger partial charge in [-0.05, 0) is 26.7 Å². The average molecular weight is 249 g/mol. The SMILES string of the molecule is Cc1csc(C(C)NC2CCCCC2C#N)n1. The summed E-state index contributed by atoms with van der Waals surface area (Å²) in [5.41, 5.74) is 1.08. The minimum atomic E-state index is 0.173. The van der Waals surface area contributed by atoms with Crippen molar-refractivity contribution in [3.63, 3.8) is 0 Å². The lowest BCUT2D eigenvalue weighted by Crippen LogP contribution is -2.39. The number of hydrogen-bond acceptors (Lipinski definition) is 4. The quantitative estimate of drug-likeness (QED) is 0.895. The summed E-state index contributed by atoms with van der Waals surface area (Å²) in [4.78, 5) is 4.50. The van der Waals surface area contributed by atoms with Gasteiger partial charge in [0.05, 0.1) is 18.0 Å². The number of aryl methyl sites for hydroxylation is 1. The zero-order chi connectivity index (χ0) is 12.3. The molecule has 1 heterocycles. The van der Waals surface area contributed by atoms with Gasteiger partial charge in [-0.2, -0.15) is 5.26 Å². The molecule has 1 aromatic rings. The number of hydrogen-bond donors (Lipinski definition) is 1. The van der Waals surface area contributed by atoms with E-state index in [1.807, 2.05) is 6.92 Å². The van der Waals surface area contributed by atoms with E-state index in [1.54, 1.807) is 11.3 Å².